The van der Waals surface area contributed by atoms with Crippen LogP contribution in [0, 0.1) is 0 Å². The zero-order valence-electron chi connectivity index (χ0n) is 9.37. The zero-order valence-corrected chi connectivity index (χ0v) is 9.37. The van der Waals surface area contributed by atoms with Gasteiger partial charge in [-0.25, -0.2) is 0 Å². The number of methoxy groups -OCH3 is 1. The number of hydrogen-bond donors (Lipinski definition) is 1. The number of aromatic nitrogens is 2. The molecule has 0 spiro atoms. The average Bonchev–Trinajstić information content (AvgIpc) is 2.51. The Hall–Kier alpha value is -0.870. The van der Waals surface area contributed by atoms with Gasteiger partial charge in [0.1, 0.15) is 0 Å². The summed E-state index contributed by atoms with van der Waals surface area (Å²) in [5.74, 6) is 0. The lowest BCUT2D eigenvalue weighted by molar-refractivity contribution is 0.0230. The fourth-order valence-corrected chi connectivity index (χ4v) is 1.14. The van der Waals surface area contributed by atoms with Crippen molar-refractivity contribution in [2.24, 2.45) is 7.05 Å². The van der Waals surface area contributed by atoms with E-state index in [1.165, 1.54) is 5.56 Å². The van der Waals surface area contributed by atoms with Gasteiger partial charge in [0.2, 0.25) is 0 Å². The summed E-state index contributed by atoms with van der Waals surface area (Å²) in [6, 6.07) is 0. The second kappa shape index (κ2) is 4.57. The van der Waals surface area contributed by atoms with Crippen molar-refractivity contribution in [3.63, 3.8) is 0 Å². The summed E-state index contributed by atoms with van der Waals surface area (Å²) in [5, 5.41) is 7.43. The molecule has 1 heterocycles. The number of nitrogens with one attached hydrogen (secondary N) is 1. The van der Waals surface area contributed by atoms with Crippen LogP contribution >= 0.6 is 0 Å². The van der Waals surface area contributed by atoms with Crippen molar-refractivity contribution in [3.05, 3.63) is 18.0 Å². The number of nitrogens with zero attached hydrogens (tertiary/aromatic N) is 2. The van der Waals surface area contributed by atoms with Gasteiger partial charge >= 0.3 is 0 Å². The molecule has 0 aliphatic rings. The van der Waals surface area contributed by atoms with Crippen molar-refractivity contribution in [3.8, 4) is 0 Å². The van der Waals surface area contributed by atoms with Gasteiger partial charge in [0, 0.05) is 39.0 Å². The Morgan fingerprint density at radius 1 is 1.57 bits per heavy atom. The summed E-state index contributed by atoms with van der Waals surface area (Å²) < 4.78 is 7.10. The summed E-state index contributed by atoms with van der Waals surface area (Å²) in [6.45, 7) is 5.78. The van der Waals surface area contributed by atoms with Crippen molar-refractivity contribution < 1.29 is 4.74 Å². The fourth-order valence-electron chi connectivity index (χ4n) is 1.14. The van der Waals surface area contributed by atoms with E-state index in [1.807, 2.05) is 19.4 Å². The van der Waals surface area contributed by atoms with E-state index in [0.717, 1.165) is 13.1 Å². The molecule has 1 aromatic heterocycles. The number of aryl methyl sites for hydroxylation is 1. The topological polar surface area (TPSA) is 39.1 Å². The van der Waals surface area contributed by atoms with Gasteiger partial charge in [-0.3, -0.25) is 4.68 Å². The van der Waals surface area contributed by atoms with E-state index in [-0.39, 0.29) is 5.60 Å². The summed E-state index contributed by atoms with van der Waals surface area (Å²) in [6.07, 6.45) is 3.87. The molecule has 0 aliphatic carbocycles. The number of ether oxygens (including phenoxy) is 1. The van der Waals surface area contributed by atoms with Gasteiger partial charge in [0.25, 0.3) is 0 Å². The van der Waals surface area contributed by atoms with Crippen LogP contribution in [0.2, 0.25) is 0 Å². The number of hydrogen-bond acceptors (Lipinski definition) is 3. The van der Waals surface area contributed by atoms with E-state index in [0.29, 0.717) is 0 Å². The molecule has 0 radical (unpaired) electrons. The molecule has 0 fully saturated rings. The molecule has 4 nitrogen and oxygen atoms in total. The minimum absolute atomic E-state index is 0.109. The van der Waals surface area contributed by atoms with Crippen LogP contribution in [0.3, 0.4) is 0 Å². The lowest BCUT2D eigenvalue weighted by atomic mass is 10.1. The molecule has 0 saturated carbocycles. The van der Waals surface area contributed by atoms with E-state index < -0.39 is 0 Å². The van der Waals surface area contributed by atoms with E-state index in [2.05, 4.69) is 24.3 Å². The Labute approximate surface area is 85.3 Å². The fraction of sp³-hybridized carbons (Fsp3) is 0.700. The predicted molar refractivity (Wildman–Crippen MR) is 56.0 cm³/mol. The van der Waals surface area contributed by atoms with Gasteiger partial charge in [-0.1, -0.05) is 0 Å². The summed E-state index contributed by atoms with van der Waals surface area (Å²) in [7, 11) is 3.65. The third-order valence-corrected chi connectivity index (χ3v) is 2.19. The highest BCUT2D eigenvalue weighted by Gasteiger charge is 2.14. The first-order chi connectivity index (χ1) is 6.53. The third kappa shape index (κ3) is 3.47. The molecule has 0 bridgehead atoms. The standard InChI is InChI=1S/C10H19N3O/c1-10(2,14-4)8-11-5-9-6-12-13(3)7-9/h6-7,11H,5,8H2,1-4H3. The van der Waals surface area contributed by atoms with Crippen LogP contribution < -0.4 is 5.32 Å². The quantitative estimate of drug-likeness (QED) is 0.763. The minimum Gasteiger partial charge on any atom is -0.377 e. The Balaban J connectivity index is 2.28. The van der Waals surface area contributed by atoms with Crippen LogP contribution in [-0.2, 0) is 18.3 Å². The Morgan fingerprint density at radius 3 is 2.79 bits per heavy atom. The van der Waals surface area contributed by atoms with Crippen LogP contribution in [0.4, 0.5) is 0 Å². The smallest absolute Gasteiger partial charge is 0.0746 e. The first kappa shape index (κ1) is 11.2. The third-order valence-electron chi connectivity index (χ3n) is 2.19. The van der Waals surface area contributed by atoms with Crippen LogP contribution in [-0.4, -0.2) is 29.0 Å². The Morgan fingerprint density at radius 2 is 2.29 bits per heavy atom. The molecular formula is C10H19N3O. The number of rotatable bonds is 5. The summed E-state index contributed by atoms with van der Waals surface area (Å²) in [4.78, 5) is 0. The highest BCUT2D eigenvalue weighted by atomic mass is 16.5. The van der Waals surface area contributed by atoms with Crippen molar-refractivity contribution in [2.45, 2.75) is 26.0 Å². The maximum atomic E-state index is 5.30. The van der Waals surface area contributed by atoms with Gasteiger partial charge in [0.05, 0.1) is 11.8 Å². The van der Waals surface area contributed by atoms with Crippen LogP contribution in [0.1, 0.15) is 19.4 Å². The van der Waals surface area contributed by atoms with Crippen LogP contribution in [0.5, 0.6) is 0 Å². The molecule has 0 atom stereocenters. The monoisotopic (exact) mass is 197 g/mol. The highest BCUT2D eigenvalue weighted by Crippen LogP contribution is 2.05. The second-order valence-electron chi connectivity index (χ2n) is 4.09. The average molecular weight is 197 g/mol. The van der Waals surface area contributed by atoms with Gasteiger partial charge in [0.15, 0.2) is 0 Å². The molecule has 0 amide bonds. The van der Waals surface area contributed by atoms with E-state index in [4.69, 9.17) is 4.74 Å². The Kier molecular flexibility index (Phi) is 3.66. The lowest BCUT2D eigenvalue weighted by Crippen LogP contribution is -2.36. The van der Waals surface area contributed by atoms with E-state index in [9.17, 15) is 0 Å². The lowest BCUT2D eigenvalue weighted by Gasteiger charge is -2.22. The van der Waals surface area contributed by atoms with Gasteiger partial charge < -0.3 is 10.1 Å². The van der Waals surface area contributed by atoms with Crippen LogP contribution in [0.25, 0.3) is 0 Å². The first-order valence-corrected chi connectivity index (χ1v) is 4.77. The van der Waals surface area contributed by atoms with Gasteiger partial charge in [-0.05, 0) is 13.8 Å². The first-order valence-electron chi connectivity index (χ1n) is 4.77. The molecule has 80 valence electrons. The molecular weight excluding hydrogens is 178 g/mol. The van der Waals surface area contributed by atoms with Gasteiger partial charge in [-0.2, -0.15) is 5.10 Å². The molecule has 1 N–H and O–H groups in total. The molecule has 14 heavy (non-hydrogen) atoms. The zero-order chi connectivity index (χ0) is 10.6. The highest BCUT2D eigenvalue weighted by molar-refractivity contribution is 5.02. The molecule has 1 aromatic rings. The molecule has 0 aliphatic heterocycles. The maximum absolute atomic E-state index is 5.30. The van der Waals surface area contributed by atoms with Crippen molar-refractivity contribution in [2.75, 3.05) is 13.7 Å². The van der Waals surface area contributed by atoms with E-state index >= 15 is 0 Å². The second-order valence-corrected chi connectivity index (χ2v) is 4.09. The molecule has 0 saturated heterocycles. The molecule has 1 rings (SSSR count). The van der Waals surface area contributed by atoms with Crippen molar-refractivity contribution in [1.29, 1.82) is 0 Å². The predicted octanol–water partition coefficient (Wildman–Crippen LogP) is 0.935. The van der Waals surface area contributed by atoms with E-state index in [1.54, 1.807) is 11.8 Å². The molecule has 4 heteroatoms. The summed E-state index contributed by atoms with van der Waals surface area (Å²) in [5.41, 5.74) is 1.08. The molecule has 0 aromatic carbocycles. The normalized spacial score (nSPS) is 12.0. The van der Waals surface area contributed by atoms with Gasteiger partial charge in [-0.15, -0.1) is 0 Å². The maximum Gasteiger partial charge on any atom is 0.0746 e. The van der Waals surface area contributed by atoms with Crippen molar-refractivity contribution in [1.82, 2.24) is 15.1 Å². The Bertz CT molecular complexity index is 281. The summed E-state index contributed by atoms with van der Waals surface area (Å²) >= 11 is 0. The SMILES string of the molecule is COC(C)(C)CNCc1cnn(C)c1. The van der Waals surface area contributed by atoms with Crippen molar-refractivity contribution >= 4 is 0 Å². The minimum atomic E-state index is -0.109. The molecule has 0 unspecified atom stereocenters. The largest absolute Gasteiger partial charge is 0.377 e. The van der Waals surface area contributed by atoms with Crippen LogP contribution in [0.15, 0.2) is 12.4 Å².